The second-order valence-corrected chi connectivity index (χ2v) is 7.54. The molecule has 0 spiro atoms. The van der Waals surface area contributed by atoms with Gasteiger partial charge >= 0.3 is 0 Å². The topological polar surface area (TPSA) is 101 Å². The number of benzene rings is 3. The first-order chi connectivity index (χ1) is 15.5. The lowest BCUT2D eigenvalue weighted by molar-refractivity contribution is -0.116. The molecular formula is C25H16N2O5. The molecule has 0 saturated carbocycles. The van der Waals surface area contributed by atoms with E-state index in [0.717, 1.165) is 4.90 Å². The van der Waals surface area contributed by atoms with E-state index in [1.165, 1.54) is 0 Å². The van der Waals surface area contributed by atoms with E-state index in [0.29, 0.717) is 16.7 Å². The number of amides is 3. The molecule has 3 amide bonds. The number of rotatable bonds is 4. The van der Waals surface area contributed by atoms with Crippen LogP contribution >= 0.6 is 0 Å². The molecule has 0 radical (unpaired) electrons. The number of carbonyl (C=O) groups is 5. The molecule has 0 atom stereocenters. The van der Waals surface area contributed by atoms with Gasteiger partial charge in [0, 0.05) is 29.7 Å². The van der Waals surface area contributed by atoms with Crippen LogP contribution in [0.2, 0.25) is 0 Å². The lowest BCUT2D eigenvalue weighted by Gasteiger charge is -2.20. The molecule has 1 aliphatic heterocycles. The summed E-state index contributed by atoms with van der Waals surface area (Å²) in [6.45, 7) is -0.0943. The Bertz CT molecular complexity index is 1320. The van der Waals surface area contributed by atoms with Gasteiger partial charge < -0.3 is 5.32 Å². The Morgan fingerprint density at radius 3 is 1.81 bits per heavy atom. The van der Waals surface area contributed by atoms with Crippen molar-refractivity contribution in [3.05, 3.63) is 100 Å². The third-order valence-corrected chi connectivity index (χ3v) is 5.67. The molecule has 3 aromatic rings. The lowest BCUT2D eigenvalue weighted by atomic mass is 9.83. The molecule has 0 saturated heterocycles. The van der Waals surface area contributed by atoms with Crippen molar-refractivity contribution in [3.63, 3.8) is 0 Å². The molecule has 0 aromatic heterocycles. The quantitative estimate of drug-likeness (QED) is 0.508. The minimum absolute atomic E-state index is 0.0943. The Morgan fingerprint density at radius 2 is 1.19 bits per heavy atom. The number of ketones is 2. The largest absolute Gasteiger partial charge is 0.325 e. The van der Waals surface area contributed by atoms with Crippen molar-refractivity contribution in [2.75, 3.05) is 11.9 Å². The molecular weight excluding hydrogens is 408 g/mol. The number of nitrogens with one attached hydrogen (secondary N) is 1. The van der Waals surface area contributed by atoms with E-state index in [4.69, 9.17) is 0 Å². The average molecular weight is 424 g/mol. The third kappa shape index (κ3) is 2.94. The first-order valence-electron chi connectivity index (χ1n) is 10.0. The van der Waals surface area contributed by atoms with Gasteiger partial charge in [-0.3, -0.25) is 28.9 Å². The SMILES string of the molecule is O=C(CCN1C(=O)c2ccccc2C1=O)Nc1cccc2c1C(=O)c1ccccc1C2=O. The van der Waals surface area contributed by atoms with Gasteiger partial charge in [-0.25, -0.2) is 0 Å². The van der Waals surface area contributed by atoms with Crippen LogP contribution in [-0.2, 0) is 4.79 Å². The standard InChI is InChI=1S/C25H16N2O5/c28-20(12-13-27-24(31)16-8-3-4-9-17(16)25(27)32)26-19-11-5-10-18-21(19)23(30)15-7-2-1-6-14(15)22(18)29/h1-11H,12-13H2,(H,26,28). The summed E-state index contributed by atoms with van der Waals surface area (Å²) in [5.74, 6) is -1.97. The Hall–Kier alpha value is -4.39. The molecule has 7 heteroatoms. The molecule has 1 aliphatic carbocycles. The zero-order valence-corrected chi connectivity index (χ0v) is 16.8. The molecule has 0 fully saturated rings. The molecule has 3 aromatic carbocycles. The highest BCUT2D eigenvalue weighted by Gasteiger charge is 2.35. The van der Waals surface area contributed by atoms with Crippen LogP contribution in [0.15, 0.2) is 66.7 Å². The molecule has 7 nitrogen and oxygen atoms in total. The monoisotopic (exact) mass is 424 g/mol. The number of hydrogen-bond donors (Lipinski definition) is 1. The first-order valence-corrected chi connectivity index (χ1v) is 10.0. The van der Waals surface area contributed by atoms with Gasteiger partial charge in [-0.2, -0.15) is 0 Å². The Labute approximate surface area is 182 Å². The Balaban J connectivity index is 1.35. The van der Waals surface area contributed by atoms with Gasteiger partial charge in [0.05, 0.1) is 22.4 Å². The fraction of sp³-hybridized carbons (Fsp3) is 0.0800. The van der Waals surface area contributed by atoms with Crippen LogP contribution in [-0.4, -0.2) is 40.7 Å². The number of carbonyl (C=O) groups excluding carboxylic acids is 5. The van der Waals surface area contributed by atoms with Gasteiger partial charge in [0.1, 0.15) is 0 Å². The fourth-order valence-electron chi connectivity index (χ4n) is 4.12. The third-order valence-electron chi connectivity index (χ3n) is 5.67. The van der Waals surface area contributed by atoms with Crippen LogP contribution < -0.4 is 5.32 Å². The predicted octanol–water partition coefficient (Wildman–Crippen LogP) is 3.09. The summed E-state index contributed by atoms with van der Waals surface area (Å²) in [6, 6.07) is 17.8. The van der Waals surface area contributed by atoms with E-state index in [-0.39, 0.29) is 46.9 Å². The number of fused-ring (bicyclic) bond motifs is 3. The maximum atomic E-state index is 13.0. The van der Waals surface area contributed by atoms with Crippen molar-refractivity contribution in [2.24, 2.45) is 0 Å². The van der Waals surface area contributed by atoms with Crippen LogP contribution in [0, 0.1) is 0 Å². The van der Waals surface area contributed by atoms with Crippen LogP contribution in [0.25, 0.3) is 0 Å². The summed E-state index contributed by atoms with van der Waals surface area (Å²) in [7, 11) is 0. The fourth-order valence-corrected chi connectivity index (χ4v) is 4.12. The zero-order chi connectivity index (χ0) is 22.4. The van der Waals surface area contributed by atoms with Crippen molar-refractivity contribution in [1.82, 2.24) is 4.90 Å². The van der Waals surface area contributed by atoms with Crippen LogP contribution in [0.3, 0.4) is 0 Å². The van der Waals surface area contributed by atoms with Crippen molar-refractivity contribution < 1.29 is 24.0 Å². The molecule has 0 unspecified atom stereocenters. The van der Waals surface area contributed by atoms with E-state index in [9.17, 15) is 24.0 Å². The van der Waals surface area contributed by atoms with Crippen LogP contribution in [0.5, 0.6) is 0 Å². The number of nitrogens with zero attached hydrogens (tertiary/aromatic N) is 1. The number of imide groups is 1. The minimum atomic E-state index is -0.478. The van der Waals surface area contributed by atoms with E-state index in [1.54, 1.807) is 66.7 Å². The molecule has 0 bridgehead atoms. The van der Waals surface area contributed by atoms with Gasteiger partial charge in [-0.05, 0) is 18.2 Å². The minimum Gasteiger partial charge on any atom is -0.325 e. The first kappa shape index (κ1) is 19.6. The van der Waals surface area contributed by atoms with Crippen molar-refractivity contribution in [2.45, 2.75) is 6.42 Å². The average Bonchev–Trinajstić information content (AvgIpc) is 3.06. The summed E-state index contributed by atoms with van der Waals surface area (Å²) < 4.78 is 0. The second-order valence-electron chi connectivity index (χ2n) is 7.54. The molecule has 1 heterocycles. The second kappa shape index (κ2) is 7.39. The molecule has 5 rings (SSSR count). The predicted molar refractivity (Wildman–Crippen MR) is 115 cm³/mol. The summed E-state index contributed by atoms with van der Waals surface area (Å²) in [4.78, 5) is 64.4. The van der Waals surface area contributed by atoms with Gasteiger partial charge in [0.15, 0.2) is 11.6 Å². The van der Waals surface area contributed by atoms with Crippen LogP contribution in [0.4, 0.5) is 5.69 Å². The van der Waals surface area contributed by atoms with E-state index in [2.05, 4.69) is 5.32 Å². The smallest absolute Gasteiger partial charge is 0.261 e. The summed E-state index contributed by atoms with van der Waals surface area (Å²) in [5.41, 5.74) is 1.85. The Kier molecular flexibility index (Phi) is 4.52. The lowest BCUT2D eigenvalue weighted by Crippen LogP contribution is -2.33. The number of hydrogen-bond acceptors (Lipinski definition) is 5. The summed E-state index contributed by atoms with van der Waals surface area (Å²) in [5, 5.41) is 2.67. The van der Waals surface area contributed by atoms with E-state index in [1.807, 2.05) is 0 Å². The molecule has 1 N–H and O–H groups in total. The maximum Gasteiger partial charge on any atom is 0.261 e. The number of anilines is 1. The highest BCUT2D eigenvalue weighted by Crippen LogP contribution is 2.32. The highest BCUT2D eigenvalue weighted by atomic mass is 16.2. The molecule has 2 aliphatic rings. The van der Waals surface area contributed by atoms with Crippen molar-refractivity contribution >= 4 is 35.0 Å². The zero-order valence-electron chi connectivity index (χ0n) is 16.8. The molecule has 156 valence electrons. The van der Waals surface area contributed by atoms with Gasteiger partial charge in [-0.15, -0.1) is 0 Å². The Morgan fingerprint density at radius 1 is 0.656 bits per heavy atom. The highest BCUT2D eigenvalue weighted by molar-refractivity contribution is 6.30. The van der Waals surface area contributed by atoms with Gasteiger partial charge in [0.2, 0.25) is 5.91 Å². The van der Waals surface area contributed by atoms with Gasteiger partial charge in [-0.1, -0.05) is 48.5 Å². The van der Waals surface area contributed by atoms with E-state index >= 15 is 0 Å². The maximum absolute atomic E-state index is 13.0. The van der Waals surface area contributed by atoms with Crippen molar-refractivity contribution in [1.29, 1.82) is 0 Å². The van der Waals surface area contributed by atoms with Crippen molar-refractivity contribution in [3.8, 4) is 0 Å². The summed E-state index contributed by atoms with van der Waals surface area (Å²) >= 11 is 0. The van der Waals surface area contributed by atoms with Crippen LogP contribution in [0.1, 0.15) is 59.0 Å². The van der Waals surface area contributed by atoms with E-state index < -0.39 is 17.7 Å². The summed E-state index contributed by atoms with van der Waals surface area (Å²) in [6.07, 6.45) is -0.145. The molecule has 32 heavy (non-hydrogen) atoms. The van der Waals surface area contributed by atoms with Gasteiger partial charge in [0.25, 0.3) is 11.8 Å². The normalized spacial score (nSPS) is 14.2.